The first-order valence-electron chi connectivity index (χ1n) is 5.32. The predicted molar refractivity (Wildman–Crippen MR) is 75.6 cm³/mol. The van der Waals surface area contributed by atoms with E-state index in [4.69, 9.17) is 85.9 Å². The van der Waals surface area contributed by atoms with Crippen molar-refractivity contribution in [1.82, 2.24) is 0 Å². The lowest BCUT2D eigenvalue weighted by atomic mass is 9.83. The van der Waals surface area contributed by atoms with Crippen molar-refractivity contribution in [2.45, 2.75) is 31.7 Å². The van der Waals surface area contributed by atoms with E-state index in [-0.39, 0.29) is 39.5 Å². The van der Waals surface area contributed by atoms with Crippen molar-refractivity contribution in [2.75, 3.05) is 0 Å². The minimum atomic E-state index is -1.50. The second kappa shape index (κ2) is 3.38. The monoisotopic (exact) mass is 386 g/mol. The van der Waals surface area contributed by atoms with Gasteiger partial charge in [-0.1, -0.05) is 46.4 Å². The van der Waals surface area contributed by atoms with E-state index >= 15 is 0 Å². The van der Waals surface area contributed by atoms with Gasteiger partial charge in [0.25, 0.3) is 0 Å². The van der Waals surface area contributed by atoms with Crippen LogP contribution in [0.25, 0.3) is 0 Å². The summed E-state index contributed by atoms with van der Waals surface area (Å²) in [7, 11) is 0. The molecule has 1 saturated heterocycles. The number of fused-ring (bicyclic) bond motifs is 7. The molecular weight excluding hydrogens is 384 g/mol. The van der Waals surface area contributed by atoms with Crippen molar-refractivity contribution in [3.8, 4) is 0 Å². The number of halogens is 7. The number of allylic oxidation sites excluding steroid dienone is 2. The van der Waals surface area contributed by atoms with E-state index < -0.39 is 14.1 Å². The molecule has 3 unspecified atom stereocenters. The van der Waals surface area contributed by atoms with E-state index in [1.165, 1.54) is 0 Å². The lowest BCUT2D eigenvalue weighted by molar-refractivity contribution is 0.204. The van der Waals surface area contributed by atoms with Gasteiger partial charge in [-0.05, 0) is 0 Å². The van der Waals surface area contributed by atoms with Gasteiger partial charge in [0.05, 0.1) is 21.5 Å². The van der Waals surface area contributed by atoms with Crippen LogP contribution >= 0.6 is 81.2 Å². The van der Waals surface area contributed by atoms with Crippen LogP contribution in [0.4, 0.5) is 0 Å². The van der Waals surface area contributed by atoms with Gasteiger partial charge >= 0.3 is 0 Å². The van der Waals surface area contributed by atoms with E-state index in [1.807, 2.05) is 0 Å². The van der Waals surface area contributed by atoms with Crippen molar-refractivity contribution in [1.29, 1.82) is 0 Å². The topological polar surface area (TPSA) is 12.5 Å². The number of hydrogen-bond acceptors (Lipinski definition) is 1. The smallest absolute Gasteiger partial charge is 0.166 e. The molecule has 4 aliphatic rings. The van der Waals surface area contributed by atoms with Crippen molar-refractivity contribution >= 4 is 81.2 Å². The summed E-state index contributed by atoms with van der Waals surface area (Å²) in [6.07, 6.45) is -0.152. The van der Waals surface area contributed by atoms with E-state index in [9.17, 15) is 0 Å². The van der Waals surface area contributed by atoms with Gasteiger partial charge in [-0.25, -0.2) is 0 Å². The zero-order valence-corrected chi connectivity index (χ0v) is 13.7. The van der Waals surface area contributed by atoms with Crippen molar-refractivity contribution < 1.29 is 4.74 Å². The molecule has 0 radical (unpaired) electrons. The zero-order valence-electron chi connectivity index (χ0n) is 8.44. The van der Waals surface area contributed by atoms with Gasteiger partial charge in [-0.2, -0.15) is 0 Å². The fourth-order valence-corrected chi connectivity index (χ4v) is 7.49. The summed E-state index contributed by atoms with van der Waals surface area (Å²) in [5.74, 6) is -0.457. The van der Waals surface area contributed by atoms with Crippen LogP contribution in [0.5, 0.6) is 0 Å². The first-order chi connectivity index (χ1) is 8.20. The van der Waals surface area contributed by atoms with Gasteiger partial charge < -0.3 is 4.74 Å². The van der Waals surface area contributed by atoms with Gasteiger partial charge in [0.1, 0.15) is 15.9 Å². The average molecular weight is 389 g/mol. The average Bonchev–Trinajstić information content (AvgIpc) is 2.98. The summed E-state index contributed by atoms with van der Waals surface area (Å²) in [4.78, 5) is -2.48. The fourth-order valence-electron chi connectivity index (χ4n) is 3.80. The van der Waals surface area contributed by atoms with Crippen molar-refractivity contribution in [3.63, 3.8) is 0 Å². The Kier molecular flexibility index (Phi) is 2.52. The van der Waals surface area contributed by atoms with Crippen LogP contribution in [-0.4, -0.2) is 31.7 Å². The highest BCUT2D eigenvalue weighted by Gasteiger charge is 2.89. The lowest BCUT2D eigenvalue weighted by Gasteiger charge is -2.35. The molecule has 2 bridgehead atoms. The van der Waals surface area contributed by atoms with Gasteiger partial charge in [-0.3, -0.25) is 0 Å². The zero-order chi connectivity index (χ0) is 13.2. The van der Waals surface area contributed by atoms with Crippen LogP contribution in [0.1, 0.15) is 0 Å². The summed E-state index contributed by atoms with van der Waals surface area (Å²) >= 11 is 45.0. The molecule has 0 aromatic heterocycles. The second-order valence-corrected chi connectivity index (χ2v) is 8.97. The van der Waals surface area contributed by atoms with Gasteiger partial charge in [-0.15, -0.1) is 34.8 Å². The van der Waals surface area contributed by atoms with Gasteiger partial charge in [0.15, 0.2) is 4.33 Å². The maximum atomic E-state index is 6.65. The van der Waals surface area contributed by atoms with Gasteiger partial charge in [0.2, 0.25) is 0 Å². The lowest BCUT2D eigenvalue weighted by Crippen LogP contribution is -2.46. The Hall–Kier alpha value is 1.73. The number of ether oxygens (including phenoxy) is 1. The third kappa shape index (κ3) is 1.02. The molecular formula is C10H5Cl7O. The Labute approximate surface area is 139 Å². The maximum absolute atomic E-state index is 6.65. The van der Waals surface area contributed by atoms with Crippen LogP contribution in [0.15, 0.2) is 10.1 Å². The summed E-state index contributed by atoms with van der Waals surface area (Å²) in [6, 6.07) is 0. The van der Waals surface area contributed by atoms with Crippen LogP contribution in [-0.2, 0) is 4.74 Å². The Morgan fingerprint density at radius 3 is 1.89 bits per heavy atom. The maximum Gasteiger partial charge on any atom is 0.166 e. The molecule has 0 N–H and O–H groups in total. The fraction of sp³-hybridized carbons (Fsp3) is 0.800. The number of hydrogen-bond donors (Lipinski definition) is 0. The summed E-state index contributed by atoms with van der Waals surface area (Å²) in [5.41, 5.74) is 0. The van der Waals surface area contributed by atoms with E-state index in [2.05, 4.69) is 0 Å². The summed E-state index contributed by atoms with van der Waals surface area (Å²) in [6.45, 7) is 0. The predicted octanol–water partition coefficient (Wildman–Crippen LogP) is 4.45. The third-order valence-corrected chi connectivity index (χ3v) is 9.44. The van der Waals surface area contributed by atoms with E-state index in [0.29, 0.717) is 0 Å². The molecule has 2 saturated carbocycles. The second-order valence-electron chi connectivity index (χ2n) is 5.19. The molecule has 7 atom stereocenters. The van der Waals surface area contributed by atoms with Crippen LogP contribution < -0.4 is 0 Å². The SMILES string of the molecule is ClC1=C(Cl)C2(Cl)[C@H]3C(Cl)[C@@H]4O[C@@H]4[C@H]3C1(Cl)C2(Cl)Cl. The Morgan fingerprint density at radius 2 is 1.33 bits per heavy atom. The largest absolute Gasteiger partial charge is 0.368 e. The summed E-state index contributed by atoms with van der Waals surface area (Å²) in [5, 5.41) is 0.111. The Bertz CT molecular complexity index is 476. The normalized spacial score (nSPS) is 63.2. The van der Waals surface area contributed by atoms with Gasteiger partial charge in [0, 0.05) is 11.8 Å². The number of epoxide rings is 1. The molecule has 18 heavy (non-hydrogen) atoms. The Morgan fingerprint density at radius 1 is 0.833 bits per heavy atom. The molecule has 1 aliphatic heterocycles. The van der Waals surface area contributed by atoms with Crippen molar-refractivity contribution in [3.05, 3.63) is 10.1 Å². The molecule has 1 heterocycles. The molecule has 8 heteroatoms. The molecule has 1 nitrogen and oxygen atoms in total. The standard InChI is InChI=1S/C10H5Cl7O/c11-3-1-2(4-5(3)18-4)9(15)7(13)6(12)8(1,14)10(9,16)17/h1-5H/t1-,2+,3?,4-,5+,8?,9?/m1/s1. The van der Waals surface area contributed by atoms with Crippen molar-refractivity contribution in [2.24, 2.45) is 11.8 Å². The molecule has 4 rings (SSSR count). The van der Waals surface area contributed by atoms with Crippen LogP contribution in [0.3, 0.4) is 0 Å². The molecule has 0 spiro atoms. The molecule has 0 aromatic carbocycles. The molecule has 100 valence electrons. The molecule has 3 fully saturated rings. The number of rotatable bonds is 0. The Balaban J connectivity index is 2.01. The third-order valence-electron chi connectivity index (χ3n) is 4.62. The summed E-state index contributed by atoms with van der Waals surface area (Å²) < 4.78 is 4.00. The first-order valence-corrected chi connectivity index (χ1v) is 8.02. The minimum absolute atomic E-state index is 0.0608. The highest BCUT2D eigenvalue weighted by Crippen LogP contribution is 2.81. The number of alkyl halides is 5. The molecule has 0 aromatic rings. The molecule has 0 amide bonds. The minimum Gasteiger partial charge on any atom is -0.368 e. The highest BCUT2D eigenvalue weighted by molar-refractivity contribution is 6.66. The van der Waals surface area contributed by atoms with E-state index in [0.717, 1.165) is 0 Å². The molecule has 3 aliphatic carbocycles. The van der Waals surface area contributed by atoms with E-state index in [1.54, 1.807) is 0 Å². The highest BCUT2D eigenvalue weighted by atomic mass is 35.5. The first kappa shape index (κ1) is 13.4. The quantitative estimate of drug-likeness (QED) is 0.441. The van der Waals surface area contributed by atoms with Crippen LogP contribution in [0.2, 0.25) is 0 Å². The van der Waals surface area contributed by atoms with Crippen LogP contribution in [0, 0.1) is 11.8 Å².